The van der Waals surface area contributed by atoms with E-state index in [1.54, 1.807) is 37.1 Å². The molecule has 1 N–H and O–H groups in total. The van der Waals surface area contributed by atoms with E-state index < -0.39 is 6.04 Å². The third-order valence-corrected chi connectivity index (χ3v) is 6.69. The molecule has 0 aliphatic heterocycles. The van der Waals surface area contributed by atoms with E-state index in [9.17, 15) is 9.59 Å². The highest BCUT2D eigenvalue weighted by Crippen LogP contribution is 2.28. The number of thioether (sulfide) groups is 1. The molecule has 8 heteroatoms. The molecule has 0 aliphatic rings. The number of unbranched alkanes of at least 4 members (excludes halogenated alkanes) is 1. The van der Waals surface area contributed by atoms with Crippen molar-refractivity contribution < 1.29 is 14.3 Å². The van der Waals surface area contributed by atoms with Gasteiger partial charge in [-0.15, -0.1) is 11.8 Å². The third kappa shape index (κ3) is 7.91. The molecule has 174 valence electrons. The number of rotatable bonds is 12. The second-order valence-electron chi connectivity index (χ2n) is 7.38. The molecule has 0 saturated heterocycles. The minimum absolute atomic E-state index is 0.118. The van der Waals surface area contributed by atoms with Crippen LogP contribution in [0.15, 0.2) is 42.5 Å². The van der Waals surface area contributed by atoms with Crippen LogP contribution in [0.1, 0.15) is 37.8 Å². The number of nitrogens with zero attached hydrogens (tertiary/aromatic N) is 1. The Morgan fingerprint density at radius 3 is 2.38 bits per heavy atom. The van der Waals surface area contributed by atoms with Crippen LogP contribution in [-0.4, -0.2) is 42.2 Å². The van der Waals surface area contributed by atoms with Crippen LogP contribution in [0.5, 0.6) is 5.75 Å². The molecule has 0 radical (unpaired) electrons. The maximum atomic E-state index is 13.1. The lowest BCUT2D eigenvalue weighted by atomic mass is 10.1. The van der Waals surface area contributed by atoms with Crippen LogP contribution in [0.2, 0.25) is 10.0 Å². The molecule has 0 bridgehead atoms. The van der Waals surface area contributed by atoms with Gasteiger partial charge in [-0.3, -0.25) is 9.59 Å². The third-order valence-electron chi connectivity index (χ3n) is 5.04. The van der Waals surface area contributed by atoms with E-state index in [0.29, 0.717) is 28.9 Å². The van der Waals surface area contributed by atoms with E-state index in [1.165, 1.54) is 11.8 Å². The fourth-order valence-electron chi connectivity index (χ4n) is 3.04. The van der Waals surface area contributed by atoms with Crippen molar-refractivity contribution >= 4 is 46.8 Å². The average Bonchev–Trinajstić information content (AvgIpc) is 2.79. The summed E-state index contributed by atoms with van der Waals surface area (Å²) in [4.78, 5) is 27.4. The minimum atomic E-state index is -0.592. The van der Waals surface area contributed by atoms with Gasteiger partial charge in [0.1, 0.15) is 11.8 Å². The molecule has 2 aromatic rings. The van der Waals surface area contributed by atoms with Crippen molar-refractivity contribution in [3.05, 3.63) is 63.6 Å². The topological polar surface area (TPSA) is 58.6 Å². The van der Waals surface area contributed by atoms with E-state index in [2.05, 4.69) is 12.2 Å². The van der Waals surface area contributed by atoms with E-state index >= 15 is 0 Å². The van der Waals surface area contributed by atoms with Crippen molar-refractivity contribution in [1.29, 1.82) is 0 Å². The first-order valence-electron chi connectivity index (χ1n) is 10.6. The van der Waals surface area contributed by atoms with E-state index in [4.69, 9.17) is 27.9 Å². The number of ether oxygens (including phenoxy) is 1. The molecular formula is C24H30Cl2N2O3S. The maximum Gasteiger partial charge on any atom is 0.242 e. The molecule has 32 heavy (non-hydrogen) atoms. The van der Waals surface area contributed by atoms with Gasteiger partial charge in [-0.1, -0.05) is 54.7 Å². The zero-order valence-corrected chi connectivity index (χ0v) is 21.0. The van der Waals surface area contributed by atoms with Gasteiger partial charge >= 0.3 is 0 Å². The van der Waals surface area contributed by atoms with E-state index in [1.807, 2.05) is 24.3 Å². The number of nitrogens with one attached hydrogen (secondary N) is 1. The Labute approximate surface area is 204 Å². The van der Waals surface area contributed by atoms with Gasteiger partial charge in [-0.25, -0.2) is 0 Å². The number of carbonyl (C=O) groups excluding carboxylic acids is 2. The largest absolute Gasteiger partial charge is 0.497 e. The molecule has 0 fully saturated rings. The number of carbonyl (C=O) groups is 2. The summed E-state index contributed by atoms with van der Waals surface area (Å²) < 4.78 is 5.21. The SMILES string of the molecule is CCCCNC(=O)C(C)N(Cc1ccc(OC)cc1)C(=O)CSCc1c(Cl)cccc1Cl. The molecule has 0 aliphatic carbocycles. The second kappa shape index (κ2) is 13.6. The summed E-state index contributed by atoms with van der Waals surface area (Å²) in [5.41, 5.74) is 1.73. The molecule has 1 unspecified atom stereocenters. The molecule has 0 spiro atoms. The van der Waals surface area contributed by atoms with Crippen LogP contribution >= 0.6 is 35.0 Å². The lowest BCUT2D eigenvalue weighted by Crippen LogP contribution is -2.48. The highest BCUT2D eigenvalue weighted by molar-refractivity contribution is 7.99. The van der Waals surface area contributed by atoms with E-state index in [0.717, 1.165) is 29.7 Å². The lowest BCUT2D eigenvalue weighted by molar-refractivity contribution is -0.138. The first-order valence-corrected chi connectivity index (χ1v) is 12.5. The fraction of sp³-hybridized carbons (Fsp3) is 0.417. The molecule has 2 rings (SSSR count). The number of hydrogen-bond donors (Lipinski definition) is 1. The van der Waals surface area contributed by atoms with Gasteiger partial charge in [0.15, 0.2) is 0 Å². The number of benzene rings is 2. The quantitative estimate of drug-likeness (QED) is 0.390. The summed E-state index contributed by atoms with van der Waals surface area (Å²) in [5.74, 6) is 1.19. The van der Waals surface area contributed by atoms with Crippen LogP contribution in [0, 0.1) is 0 Å². The van der Waals surface area contributed by atoms with Crippen molar-refractivity contribution in [2.75, 3.05) is 19.4 Å². The van der Waals surface area contributed by atoms with Gasteiger partial charge in [-0.2, -0.15) is 0 Å². The van der Waals surface area contributed by atoms with Gasteiger partial charge in [-0.05, 0) is 48.7 Å². The van der Waals surface area contributed by atoms with Crippen LogP contribution in [-0.2, 0) is 21.9 Å². The lowest BCUT2D eigenvalue weighted by Gasteiger charge is -2.29. The molecule has 2 aromatic carbocycles. The maximum absolute atomic E-state index is 13.1. The summed E-state index contributed by atoms with van der Waals surface area (Å²) in [5, 5.41) is 4.08. The van der Waals surface area contributed by atoms with Crippen molar-refractivity contribution in [3.8, 4) is 5.75 Å². The smallest absolute Gasteiger partial charge is 0.242 e. The number of methoxy groups -OCH3 is 1. The fourth-order valence-corrected chi connectivity index (χ4v) is 4.69. The first-order chi connectivity index (χ1) is 15.4. The molecule has 0 saturated carbocycles. The predicted molar refractivity (Wildman–Crippen MR) is 134 cm³/mol. The molecule has 2 amide bonds. The molecule has 5 nitrogen and oxygen atoms in total. The highest BCUT2D eigenvalue weighted by Gasteiger charge is 2.26. The van der Waals surface area contributed by atoms with Gasteiger partial charge < -0.3 is 15.0 Å². The Kier molecular flexibility index (Phi) is 11.2. The Hall–Kier alpha value is -1.89. The Bertz CT molecular complexity index is 873. The molecule has 1 atom stereocenters. The normalized spacial score (nSPS) is 11.7. The standard InChI is InChI=1S/C24H30Cl2N2O3S/c1-4-5-13-27-24(30)17(2)28(14-18-9-11-19(31-3)12-10-18)23(29)16-32-15-20-21(25)7-6-8-22(20)26/h6-12,17H,4-5,13-16H2,1-3H3,(H,27,30). The van der Waals surface area contributed by atoms with E-state index in [-0.39, 0.29) is 17.6 Å². The number of amides is 2. The zero-order chi connectivity index (χ0) is 23.5. The first kappa shape index (κ1) is 26.4. The van der Waals surface area contributed by atoms with Gasteiger partial charge in [0.25, 0.3) is 0 Å². The predicted octanol–water partition coefficient (Wildman–Crippen LogP) is 5.57. The van der Waals surface area contributed by atoms with Crippen molar-refractivity contribution in [2.24, 2.45) is 0 Å². The van der Waals surface area contributed by atoms with Crippen LogP contribution in [0.4, 0.5) is 0 Å². The van der Waals surface area contributed by atoms with Crippen LogP contribution in [0.25, 0.3) is 0 Å². The van der Waals surface area contributed by atoms with Gasteiger partial charge in [0.2, 0.25) is 11.8 Å². The molecule has 0 heterocycles. The van der Waals surface area contributed by atoms with Gasteiger partial charge in [0.05, 0.1) is 12.9 Å². The van der Waals surface area contributed by atoms with Crippen molar-refractivity contribution in [2.45, 2.75) is 45.0 Å². The van der Waals surface area contributed by atoms with Crippen LogP contribution < -0.4 is 10.1 Å². The average molecular weight is 497 g/mol. The Morgan fingerprint density at radius 2 is 1.78 bits per heavy atom. The summed E-state index contributed by atoms with van der Waals surface area (Å²) in [7, 11) is 1.61. The molecular weight excluding hydrogens is 467 g/mol. The number of halogens is 2. The molecule has 0 aromatic heterocycles. The summed E-state index contributed by atoms with van der Waals surface area (Å²) in [6.07, 6.45) is 1.89. The summed E-state index contributed by atoms with van der Waals surface area (Å²) in [6, 6.07) is 12.3. The Balaban J connectivity index is 2.08. The van der Waals surface area contributed by atoms with Crippen molar-refractivity contribution in [1.82, 2.24) is 10.2 Å². The van der Waals surface area contributed by atoms with Crippen LogP contribution in [0.3, 0.4) is 0 Å². The second-order valence-corrected chi connectivity index (χ2v) is 9.18. The minimum Gasteiger partial charge on any atom is -0.497 e. The zero-order valence-electron chi connectivity index (χ0n) is 18.7. The Morgan fingerprint density at radius 1 is 1.12 bits per heavy atom. The monoisotopic (exact) mass is 496 g/mol. The van der Waals surface area contributed by atoms with Crippen molar-refractivity contribution in [3.63, 3.8) is 0 Å². The summed E-state index contributed by atoms with van der Waals surface area (Å²) in [6.45, 7) is 4.76. The van der Waals surface area contributed by atoms with Gasteiger partial charge in [0, 0.05) is 28.9 Å². The highest BCUT2D eigenvalue weighted by atomic mass is 35.5. The summed E-state index contributed by atoms with van der Waals surface area (Å²) >= 11 is 13.9. The number of hydrogen-bond acceptors (Lipinski definition) is 4.